The van der Waals surface area contributed by atoms with E-state index in [2.05, 4.69) is 15.5 Å². The molecule has 1 heterocycles. The second-order valence-corrected chi connectivity index (χ2v) is 5.18. The molecule has 1 amide bonds. The van der Waals surface area contributed by atoms with Gasteiger partial charge in [0.1, 0.15) is 5.71 Å². The highest BCUT2D eigenvalue weighted by molar-refractivity contribution is 6.59. The Morgan fingerprint density at radius 1 is 0.957 bits per heavy atom. The number of carbonyl (C=O) groups is 2. The first-order chi connectivity index (χ1) is 11.3. The van der Waals surface area contributed by atoms with Crippen LogP contribution in [0.25, 0.3) is 10.8 Å². The molecular weight excluding hydrogens is 290 g/mol. The number of hydrazone groups is 1. The van der Waals surface area contributed by atoms with Crippen LogP contribution in [0.1, 0.15) is 26.3 Å². The fourth-order valence-electron chi connectivity index (χ4n) is 2.76. The van der Waals surface area contributed by atoms with E-state index in [1.54, 1.807) is 18.2 Å². The SMILES string of the molecule is O=C(N/N=C1/C(=O)c2cccc3cccc1c23)c1ccncc1. The lowest BCUT2D eigenvalue weighted by Gasteiger charge is -2.01. The van der Waals surface area contributed by atoms with Crippen molar-refractivity contribution in [1.29, 1.82) is 0 Å². The van der Waals surface area contributed by atoms with Gasteiger partial charge in [-0.25, -0.2) is 5.43 Å². The number of aromatic nitrogens is 1. The zero-order valence-corrected chi connectivity index (χ0v) is 12.0. The molecule has 1 aliphatic carbocycles. The zero-order valence-electron chi connectivity index (χ0n) is 12.0. The molecule has 0 aliphatic heterocycles. The molecule has 0 unspecified atom stereocenters. The van der Waals surface area contributed by atoms with Crippen LogP contribution in [-0.4, -0.2) is 22.4 Å². The van der Waals surface area contributed by atoms with E-state index in [1.165, 1.54) is 12.4 Å². The number of amides is 1. The molecule has 0 radical (unpaired) electrons. The maximum atomic E-state index is 12.5. The van der Waals surface area contributed by atoms with Crippen LogP contribution in [0.2, 0.25) is 0 Å². The van der Waals surface area contributed by atoms with Crippen LogP contribution in [0.5, 0.6) is 0 Å². The molecule has 5 heteroatoms. The Morgan fingerprint density at radius 2 is 1.65 bits per heavy atom. The van der Waals surface area contributed by atoms with Gasteiger partial charge in [-0.3, -0.25) is 14.6 Å². The number of ketones is 1. The van der Waals surface area contributed by atoms with Crippen LogP contribution >= 0.6 is 0 Å². The summed E-state index contributed by atoms with van der Waals surface area (Å²) in [5.74, 6) is -0.553. The van der Waals surface area contributed by atoms with Gasteiger partial charge in [-0.2, -0.15) is 5.10 Å². The largest absolute Gasteiger partial charge is 0.287 e. The standard InChI is InChI=1S/C18H11N3O2/c22-17-14-6-2-4-11-3-1-5-13(15(11)14)16(17)20-21-18(23)12-7-9-19-10-8-12/h1-10H,(H,21,23)/b20-16+. The normalized spacial score (nSPS) is 14.4. The van der Waals surface area contributed by atoms with Crippen LogP contribution in [0.15, 0.2) is 66.0 Å². The van der Waals surface area contributed by atoms with E-state index in [4.69, 9.17) is 0 Å². The first-order valence-corrected chi connectivity index (χ1v) is 7.10. The number of nitrogens with zero attached hydrogens (tertiary/aromatic N) is 2. The average Bonchev–Trinajstić information content (AvgIpc) is 2.88. The van der Waals surface area contributed by atoms with Crippen molar-refractivity contribution in [3.8, 4) is 0 Å². The van der Waals surface area contributed by atoms with Gasteiger partial charge in [0.2, 0.25) is 5.78 Å². The number of hydrogen-bond acceptors (Lipinski definition) is 4. The van der Waals surface area contributed by atoms with Crippen molar-refractivity contribution in [1.82, 2.24) is 10.4 Å². The van der Waals surface area contributed by atoms with Crippen LogP contribution in [0.3, 0.4) is 0 Å². The van der Waals surface area contributed by atoms with Gasteiger partial charge in [-0.05, 0) is 17.5 Å². The van der Waals surface area contributed by atoms with Crippen molar-refractivity contribution in [2.45, 2.75) is 0 Å². The van der Waals surface area contributed by atoms with E-state index in [0.717, 1.165) is 16.3 Å². The molecule has 1 N–H and O–H groups in total. The summed E-state index contributed by atoms with van der Waals surface area (Å²) in [5.41, 5.74) is 4.52. The minimum atomic E-state index is -0.379. The number of hydrogen-bond donors (Lipinski definition) is 1. The van der Waals surface area contributed by atoms with Crippen molar-refractivity contribution >= 4 is 28.2 Å². The number of pyridine rings is 1. The minimum Gasteiger partial charge on any atom is -0.287 e. The fraction of sp³-hybridized carbons (Fsp3) is 0. The molecular formula is C18H11N3O2. The quantitative estimate of drug-likeness (QED) is 0.739. The van der Waals surface area contributed by atoms with E-state index in [9.17, 15) is 9.59 Å². The van der Waals surface area contributed by atoms with E-state index in [-0.39, 0.29) is 17.4 Å². The van der Waals surface area contributed by atoms with Crippen LogP contribution in [-0.2, 0) is 0 Å². The first kappa shape index (κ1) is 13.3. The van der Waals surface area contributed by atoms with Crippen LogP contribution < -0.4 is 5.43 Å². The van der Waals surface area contributed by atoms with Crippen LogP contribution in [0.4, 0.5) is 0 Å². The minimum absolute atomic E-state index is 0.174. The second kappa shape index (κ2) is 5.14. The predicted molar refractivity (Wildman–Crippen MR) is 86.5 cm³/mol. The topological polar surface area (TPSA) is 71.4 Å². The number of rotatable bonds is 2. The molecule has 0 atom stereocenters. The molecule has 4 rings (SSSR count). The molecule has 0 fully saturated rings. The van der Waals surface area contributed by atoms with Gasteiger partial charge >= 0.3 is 0 Å². The molecule has 3 aromatic rings. The summed E-state index contributed by atoms with van der Waals surface area (Å²) >= 11 is 0. The lowest BCUT2D eigenvalue weighted by atomic mass is 10.1. The molecule has 5 nitrogen and oxygen atoms in total. The number of Topliss-reactive ketones (excluding diaryl/α,β-unsaturated/α-hetero) is 1. The van der Waals surface area contributed by atoms with Gasteiger partial charge in [0.05, 0.1) is 0 Å². The number of carbonyl (C=O) groups excluding carboxylic acids is 2. The molecule has 0 saturated carbocycles. The number of nitrogens with one attached hydrogen (secondary N) is 1. The molecule has 2 aromatic carbocycles. The Hall–Kier alpha value is -3.34. The Labute approximate surface area is 131 Å². The smallest absolute Gasteiger partial charge is 0.271 e. The van der Waals surface area contributed by atoms with Crippen molar-refractivity contribution in [2.24, 2.45) is 5.10 Å². The molecule has 110 valence electrons. The van der Waals surface area contributed by atoms with E-state index >= 15 is 0 Å². The summed E-state index contributed by atoms with van der Waals surface area (Å²) in [5, 5.41) is 5.94. The van der Waals surface area contributed by atoms with Gasteiger partial charge in [-0.15, -0.1) is 0 Å². The Kier molecular flexibility index (Phi) is 2.98. The molecule has 0 saturated heterocycles. The summed E-state index contributed by atoms with van der Waals surface area (Å²) in [6, 6.07) is 14.4. The van der Waals surface area contributed by atoms with E-state index in [1.807, 2.05) is 30.3 Å². The highest BCUT2D eigenvalue weighted by atomic mass is 16.2. The third-order valence-corrected chi connectivity index (χ3v) is 3.83. The molecule has 23 heavy (non-hydrogen) atoms. The van der Waals surface area contributed by atoms with Crippen molar-refractivity contribution in [3.63, 3.8) is 0 Å². The van der Waals surface area contributed by atoms with Gasteiger partial charge in [0.15, 0.2) is 0 Å². The average molecular weight is 301 g/mol. The maximum Gasteiger partial charge on any atom is 0.271 e. The summed E-state index contributed by atoms with van der Waals surface area (Å²) in [6.45, 7) is 0. The highest BCUT2D eigenvalue weighted by Gasteiger charge is 2.28. The number of benzene rings is 2. The lowest BCUT2D eigenvalue weighted by molar-refractivity contribution is 0.0955. The van der Waals surface area contributed by atoms with Crippen molar-refractivity contribution in [2.75, 3.05) is 0 Å². The molecule has 0 spiro atoms. The van der Waals surface area contributed by atoms with E-state index in [0.29, 0.717) is 11.1 Å². The van der Waals surface area contributed by atoms with Gasteiger partial charge < -0.3 is 0 Å². The zero-order chi connectivity index (χ0) is 15.8. The summed E-state index contributed by atoms with van der Waals surface area (Å²) in [6.07, 6.45) is 3.05. The van der Waals surface area contributed by atoms with Gasteiger partial charge in [0, 0.05) is 34.5 Å². The lowest BCUT2D eigenvalue weighted by Crippen LogP contribution is -2.22. The van der Waals surface area contributed by atoms with Gasteiger partial charge in [-0.1, -0.05) is 36.4 Å². The summed E-state index contributed by atoms with van der Waals surface area (Å²) < 4.78 is 0. The monoisotopic (exact) mass is 301 g/mol. The third-order valence-electron chi connectivity index (χ3n) is 3.83. The van der Waals surface area contributed by atoms with Gasteiger partial charge in [0.25, 0.3) is 5.91 Å². The Morgan fingerprint density at radius 3 is 2.39 bits per heavy atom. The maximum absolute atomic E-state index is 12.5. The molecule has 0 bridgehead atoms. The molecule has 1 aromatic heterocycles. The fourth-order valence-corrected chi connectivity index (χ4v) is 2.76. The third kappa shape index (κ3) is 2.10. The Bertz CT molecular complexity index is 973. The molecule has 1 aliphatic rings. The Balaban J connectivity index is 1.73. The first-order valence-electron chi connectivity index (χ1n) is 7.10. The van der Waals surface area contributed by atoms with E-state index < -0.39 is 0 Å². The predicted octanol–water partition coefficient (Wildman–Crippen LogP) is 2.57. The van der Waals surface area contributed by atoms with Crippen LogP contribution in [0, 0.1) is 0 Å². The summed E-state index contributed by atoms with van der Waals surface area (Å²) in [4.78, 5) is 28.5. The second-order valence-electron chi connectivity index (χ2n) is 5.18. The summed E-state index contributed by atoms with van der Waals surface area (Å²) in [7, 11) is 0. The van der Waals surface area contributed by atoms with Crippen molar-refractivity contribution < 1.29 is 9.59 Å². The highest BCUT2D eigenvalue weighted by Crippen LogP contribution is 2.30. The van der Waals surface area contributed by atoms with Crippen molar-refractivity contribution in [3.05, 3.63) is 77.6 Å².